The first kappa shape index (κ1) is 7.34. The molecular weight excluding hydrogens is 100 g/mol. The molecule has 0 saturated carbocycles. The molecule has 0 aliphatic carbocycles. The molecule has 0 aliphatic heterocycles. The van der Waals surface area contributed by atoms with Gasteiger partial charge in [0.2, 0.25) is 0 Å². The lowest BCUT2D eigenvalue weighted by molar-refractivity contribution is 1.14. The molecular formula is C6H12N2. The van der Waals surface area contributed by atoms with Crippen molar-refractivity contribution in [1.29, 1.82) is 5.41 Å². The zero-order chi connectivity index (χ0) is 6.41. The van der Waals surface area contributed by atoms with Gasteiger partial charge in [-0.3, -0.25) is 4.99 Å². The summed E-state index contributed by atoms with van der Waals surface area (Å²) in [6.07, 6.45) is 2.39. The number of hydrogen-bond acceptors (Lipinski definition) is 2. The summed E-state index contributed by atoms with van der Waals surface area (Å²) in [5, 5.41) is 7.09. The largest absolute Gasteiger partial charge is 0.304 e. The summed E-state index contributed by atoms with van der Waals surface area (Å²) in [5.41, 5.74) is 0.604. The zero-order valence-corrected chi connectivity index (χ0v) is 5.44. The Balaban J connectivity index is 3.37. The first-order valence-corrected chi connectivity index (χ1v) is 2.88. The van der Waals surface area contributed by atoms with Crippen LogP contribution in [-0.4, -0.2) is 18.5 Å². The van der Waals surface area contributed by atoms with Crippen LogP contribution in [0.15, 0.2) is 4.99 Å². The minimum atomic E-state index is 0.604. The molecule has 0 heterocycles. The molecule has 2 heteroatoms. The molecule has 0 bridgehead atoms. The van der Waals surface area contributed by atoms with Gasteiger partial charge in [0.15, 0.2) is 0 Å². The Morgan fingerprint density at radius 2 is 2.25 bits per heavy atom. The minimum Gasteiger partial charge on any atom is -0.304 e. The van der Waals surface area contributed by atoms with Crippen molar-refractivity contribution in [3.8, 4) is 0 Å². The predicted molar refractivity (Wildman–Crippen MR) is 37.1 cm³/mol. The maximum Gasteiger partial charge on any atom is 0.0489 e. The van der Waals surface area contributed by atoms with Gasteiger partial charge in [0.05, 0.1) is 0 Å². The van der Waals surface area contributed by atoms with Crippen molar-refractivity contribution in [2.45, 2.75) is 20.3 Å². The standard InChI is InChI=1S/C6H12N2/c1-3-6(7)5-8-4-2/h5,7H,3-4H2,1-2H3. The number of nitrogens with one attached hydrogen (secondary N) is 1. The maximum absolute atomic E-state index is 7.09. The molecule has 0 rings (SSSR count). The van der Waals surface area contributed by atoms with Crippen LogP contribution >= 0.6 is 0 Å². The molecule has 0 radical (unpaired) electrons. The summed E-state index contributed by atoms with van der Waals surface area (Å²) in [4.78, 5) is 3.89. The Hall–Kier alpha value is -0.660. The van der Waals surface area contributed by atoms with Crippen molar-refractivity contribution < 1.29 is 0 Å². The quantitative estimate of drug-likeness (QED) is 0.537. The number of aliphatic imine (C=N–C) groups is 1. The lowest BCUT2D eigenvalue weighted by Gasteiger charge is -1.85. The molecule has 2 nitrogen and oxygen atoms in total. The Kier molecular flexibility index (Phi) is 4.13. The summed E-state index contributed by atoms with van der Waals surface area (Å²) < 4.78 is 0. The summed E-state index contributed by atoms with van der Waals surface area (Å²) in [7, 11) is 0. The van der Waals surface area contributed by atoms with Crippen LogP contribution in [0.3, 0.4) is 0 Å². The first-order chi connectivity index (χ1) is 3.81. The summed E-state index contributed by atoms with van der Waals surface area (Å²) in [5.74, 6) is 0. The highest BCUT2D eigenvalue weighted by Gasteiger charge is 1.80. The molecule has 0 amide bonds. The van der Waals surface area contributed by atoms with Gasteiger partial charge in [0.25, 0.3) is 0 Å². The molecule has 0 aromatic heterocycles. The SMILES string of the molecule is CCN=CC(=N)CC. The second-order valence-electron chi connectivity index (χ2n) is 1.51. The molecule has 0 aromatic carbocycles. The lowest BCUT2D eigenvalue weighted by atomic mass is 10.3. The van der Waals surface area contributed by atoms with Crippen LogP contribution in [-0.2, 0) is 0 Å². The van der Waals surface area contributed by atoms with E-state index in [2.05, 4.69) is 4.99 Å². The Labute approximate surface area is 50.1 Å². The number of hydrogen-bond donors (Lipinski definition) is 1. The van der Waals surface area contributed by atoms with E-state index < -0.39 is 0 Å². The smallest absolute Gasteiger partial charge is 0.0489 e. The summed E-state index contributed by atoms with van der Waals surface area (Å²) in [6.45, 7) is 4.69. The van der Waals surface area contributed by atoms with Crippen molar-refractivity contribution in [3.63, 3.8) is 0 Å². The highest BCUT2D eigenvalue weighted by Crippen LogP contribution is 1.75. The highest BCUT2D eigenvalue weighted by molar-refractivity contribution is 6.28. The van der Waals surface area contributed by atoms with E-state index >= 15 is 0 Å². The van der Waals surface area contributed by atoms with E-state index in [-0.39, 0.29) is 0 Å². The van der Waals surface area contributed by atoms with Crippen molar-refractivity contribution in [1.82, 2.24) is 0 Å². The average Bonchev–Trinajstić information content (AvgIpc) is 1.83. The van der Waals surface area contributed by atoms with Gasteiger partial charge in [-0.1, -0.05) is 6.92 Å². The Morgan fingerprint density at radius 1 is 1.62 bits per heavy atom. The molecule has 46 valence electrons. The van der Waals surface area contributed by atoms with Gasteiger partial charge in [-0.2, -0.15) is 0 Å². The van der Waals surface area contributed by atoms with Crippen molar-refractivity contribution in [3.05, 3.63) is 0 Å². The van der Waals surface area contributed by atoms with Crippen molar-refractivity contribution in [2.75, 3.05) is 6.54 Å². The van der Waals surface area contributed by atoms with Gasteiger partial charge in [-0.15, -0.1) is 0 Å². The third kappa shape index (κ3) is 3.53. The fourth-order valence-electron chi connectivity index (χ4n) is 0.293. The second kappa shape index (κ2) is 4.50. The average molecular weight is 112 g/mol. The Bertz CT molecular complexity index is 94.7. The van der Waals surface area contributed by atoms with Crippen LogP contribution in [0, 0.1) is 5.41 Å². The molecule has 1 N–H and O–H groups in total. The minimum absolute atomic E-state index is 0.604. The normalized spacial score (nSPS) is 10.2. The third-order valence-corrected chi connectivity index (χ3v) is 0.811. The number of rotatable bonds is 3. The zero-order valence-electron chi connectivity index (χ0n) is 5.44. The molecule has 0 spiro atoms. The molecule has 0 aliphatic rings. The fourth-order valence-corrected chi connectivity index (χ4v) is 0.293. The first-order valence-electron chi connectivity index (χ1n) is 2.88. The van der Waals surface area contributed by atoms with Crippen LogP contribution < -0.4 is 0 Å². The highest BCUT2D eigenvalue weighted by atomic mass is 14.7. The molecule has 0 saturated heterocycles. The van der Waals surface area contributed by atoms with E-state index in [4.69, 9.17) is 5.41 Å². The van der Waals surface area contributed by atoms with Crippen LogP contribution in [0.4, 0.5) is 0 Å². The van der Waals surface area contributed by atoms with Crippen molar-refractivity contribution >= 4 is 11.9 Å². The molecule has 0 unspecified atom stereocenters. The van der Waals surface area contributed by atoms with E-state index in [0.29, 0.717) is 5.71 Å². The monoisotopic (exact) mass is 112 g/mol. The molecule has 0 atom stereocenters. The van der Waals surface area contributed by atoms with Gasteiger partial charge in [-0.05, 0) is 13.3 Å². The maximum atomic E-state index is 7.09. The topological polar surface area (TPSA) is 36.2 Å². The van der Waals surface area contributed by atoms with Crippen LogP contribution in [0.25, 0.3) is 0 Å². The van der Waals surface area contributed by atoms with Crippen molar-refractivity contribution in [2.24, 2.45) is 4.99 Å². The third-order valence-electron chi connectivity index (χ3n) is 0.811. The lowest BCUT2D eigenvalue weighted by Crippen LogP contribution is -1.93. The van der Waals surface area contributed by atoms with E-state index in [0.717, 1.165) is 13.0 Å². The second-order valence-corrected chi connectivity index (χ2v) is 1.51. The van der Waals surface area contributed by atoms with Gasteiger partial charge >= 0.3 is 0 Å². The van der Waals surface area contributed by atoms with Crippen LogP contribution in [0.1, 0.15) is 20.3 Å². The van der Waals surface area contributed by atoms with Gasteiger partial charge in [0, 0.05) is 18.5 Å². The Morgan fingerprint density at radius 3 is 2.62 bits per heavy atom. The van der Waals surface area contributed by atoms with Gasteiger partial charge in [-0.25, -0.2) is 0 Å². The van der Waals surface area contributed by atoms with Crippen LogP contribution in [0.5, 0.6) is 0 Å². The van der Waals surface area contributed by atoms with E-state index in [1.54, 1.807) is 6.21 Å². The molecule has 0 fully saturated rings. The molecule has 0 aromatic rings. The van der Waals surface area contributed by atoms with Crippen LogP contribution in [0.2, 0.25) is 0 Å². The summed E-state index contributed by atoms with van der Waals surface area (Å²) >= 11 is 0. The van der Waals surface area contributed by atoms with Gasteiger partial charge < -0.3 is 5.41 Å². The van der Waals surface area contributed by atoms with Gasteiger partial charge in [0.1, 0.15) is 0 Å². The predicted octanol–water partition coefficient (Wildman–Crippen LogP) is 1.51. The van der Waals surface area contributed by atoms with E-state index in [1.165, 1.54) is 0 Å². The molecule has 8 heavy (non-hydrogen) atoms. The van der Waals surface area contributed by atoms with E-state index in [9.17, 15) is 0 Å². The fraction of sp³-hybridized carbons (Fsp3) is 0.667. The van der Waals surface area contributed by atoms with E-state index in [1.807, 2.05) is 13.8 Å². The number of nitrogens with zero attached hydrogens (tertiary/aromatic N) is 1. The summed E-state index contributed by atoms with van der Waals surface area (Å²) in [6, 6.07) is 0.